The topological polar surface area (TPSA) is 61.4 Å². The number of aliphatic hydroxyl groups excluding tert-OH is 1. The molecule has 0 aliphatic heterocycles. The molecule has 16 heavy (non-hydrogen) atoms. The van der Waals surface area contributed by atoms with Crippen molar-refractivity contribution in [2.75, 3.05) is 13.1 Å². The number of hydrogen-bond acceptors (Lipinski definition) is 2. The fourth-order valence-corrected chi connectivity index (χ4v) is 1.03. The molecule has 7 heteroatoms. The molecule has 0 aliphatic rings. The second kappa shape index (κ2) is 7.32. The Morgan fingerprint density at radius 2 is 2.00 bits per heavy atom. The van der Waals surface area contributed by atoms with E-state index in [1.165, 1.54) is 0 Å². The van der Waals surface area contributed by atoms with Crippen LogP contribution >= 0.6 is 0 Å². The Balaban J connectivity index is 3.52. The van der Waals surface area contributed by atoms with Gasteiger partial charge in [0.1, 0.15) is 0 Å². The highest BCUT2D eigenvalue weighted by Gasteiger charge is 2.26. The van der Waals surface area contributed by atoms with Crippen LogP contribution in [0, 0.1) is 0 Å². The molecule has 0 saturated heterocycles. The molecule has 96 valence electrons. The SMILES string of the molecule is CCCC(O)CNC(=O)NCCC(F)(F)F. The van der Waals surface area contributed by atoms with Crippen molar-refractivity contribution in [1.82, 2.24) is 10.6 Å². The van der Waals surface area contributed by atoms with Gasteiger partial charge in [-0.05, 0) is 6.42 Å². The Kier molecular flexibility index (Phi) is 6.87. The summed E-state index contributed by atoms with van der Waals surface area (Å²) >= 11 is 0. The van der Waals surface area contributed by atoms with Gasteiger partial charge in [-0.3, -0.25) is 0 Å². The van der Waals surface area contributed by atoms with E-state index in [2.05, 4.69) is 10.6 Å². The highest BCUT2D eigenvalue weighted by molar-refractivity contribution is 5.73. The van der Waals surface area contributed by atoms with Crippen LogP contribution in [0.15, 0.2) is 0 Å². The summed E-state index contributed by atoms with van der Waals surface area (Å²) in [6.07, 6.45) is -4.66. The Bertz CT molecular complexity index is 209. The number of halogens is 3. The largest absolute Gasteiger partial charge is 0.391 e. The Morgan fingerprint density at radius 3 is 2.50 bits per heavy atom. The summed E-state index contributed by atoms with van der Waals surface area (Å²) in [6.45, 7) is 1.47. The number of carbonyl (C=O) groups excluding carboxylic acids is 1. The van der Waals surface area contributed by atoms with Crippen LogP contribution in [0.3, 0.4) is 0 Å². The number of nitrogens with one attached hydrogen (secondary N) is 2. The molecule has 0 aliphatic carbocycles. The van der Waals surface area contributed by atoms with Gasteiger partial charge in [-0.2, -0.15) is 13.2 Å². The van der Waals surface area contributed by atoms with Gasteiger partial charge in [-0.1, -0.05) is 13.3 Å². The molecule has 2 amide bonds. The Labute approximate surface area is 92.2 Å². The predicted molar refractivity (Wildman–Crippen MR) is 53.0 cm³/mol. The third-order valence-corrected chi connectivity index (χ3v) is 1.81. The standard InChI is InChI=1S/C9H17F3N2O2/c1-2-3-7(15)6-14-8(16)13-5-4-9(10,11)12/h7,15H,2-6H2,1H3,(H2,13,14,16). The summed E-state index contributed by atoms with van der Waals surface area (Å²) in [5.41, 5.74) is 0. The zero-order valence-electron chi connectivity index (χ0n) is 9.10. The number of carbonyl (C=O) groups is 1. The van der Waals surface area contributed by atoms with Crippen molar-refractivity contribution in [1.29, 1.82) is 0 Å². The normalized spacial score (nSPS) is 13.3. The molecule has 0 radical (unpaired) electrons. The molecule has 0 rings (SSSR count). The second-order valence-corrected chi connectivity index (χ2v) is 3.44. The highest BCUT2D eigenvalue weighted by atomic mass is 19.4. The van der Waals surface area contributed by atoms with Crippen molar-refractivity contribution >= 4 is 6.03 Å². The molecule has 0 fully saturated rings. The van der Waals surface area contributed by atoms with Crippen molar-refractivity contribution in [3.05, 3.63) is 0 Å². The number of alkyl halides is 3. The van der Waals surface area contributed by atoms with E-state index in [9.17, 15) is 23.1 Å². The minimum atomic E-state index is -4.27. The average Bonchev–Trinajstić information content (AvgIpc) is 2.13. The summed E-state index contributed by atoms with van der Waals surface area (Å²) in [7, 11) is 0. The molecular formula is C9H17F3N2O2. The van der Waals surface area contributed by atoms with E-state index in [1.54, 1.807) is 0 Å². The summed E-state index contributed by atoms with van der Waals surface area (Å²) in [6, 6.07) is -0.695. The van der Waals surface area contributed by atoms with Crippen LogP contribution in [0.2, 0.25) is 0 Å². The van der Waals surface area contributed by atoms with E-state index >= 15 is 0 Å². The molecule has 0 aromatic carbocycles. The number of urea groups is 1. The van der Waals surface area contributed by atoms with Crippen LogP contribution in [-0.4, -0.2) is 36.5 Å². The van der Waals surface area contributed by atoms with Crippen molar-refractivity contribution in [2.45, 2.75) is 38.5 Å². The Morgan fingerprint density at radius 1 is 1.38 bits per heavy atom. The lowest BCUT2D eigenvalue weighted by Gasteiger charge is -2.12. The second-order valence-electron chi connectivity index (χ2n) is 3.44. The maximum atomic E-state index is 11.7. The monoisotopic (exact) mass is 242 g/mol. The quantitative estimate of drug-likeness (QED) is 0.659. The number of rotatable bonds is 6. The van der Waals surface area contributed by atoms with Crippen LogP contribution in [0.5, 0.6) is 0 Å². The van der Waals surface area contributed by atoms with Gasteiger partial charge >= 0.3 is 12.2 Å². The lowest BCUT2D eigenvalue weighted by Crippen LogP contribution is -2.40. The number of aliphatic hydroxyl groups is 1. The van der Waals surface area contributed by atoms with Gasteiger partial charge in [0.25, 0.3) is 0 Å². The molecule has 4 nitrogen and oxygen atoms in total. The number of amides is 2. The first-order valence-electron chi connectivity index (χ1n) is 5.11. The predicted octanol–water partition coefficient (Wildman–Crippen LogP) is 1.40. The summed E-state index contributed by atoms with van der Waals surface area (Å²) in [4.78, 5) is 10.9. The van der Waals surface area contributed by atoms with Crippen molar-refractivity contribution in [2.24, 2.45) is 0 Å². The summed E-state index contributed by atoms with van der Waals surface area (Å²) in [5.74, 6) is 0. The van der Waals surface area contributed by atoms with Crippen LogP contribution < -0.4 is 10.6 Å². The minimum Gasteiger partial charge on any atom is -0.391 e. The molecule has 1 atom stereocenters. The van der Waals surface area contributed by atoms with E-state index in [0.29, 0.717) is 6.42 Å². The van der Waals surface area contributed by atoms with Gasteiger partial charge < -0.3 is 15.7 Å². The molecule has 0 aromatic heterocycles. The fourth-order valence-electron chi connectivity index (χ4n) is 1.03. The van der Waals surface area contributed by atoms with Crippen LogP contribution in [0.1, 0.15) is 26.2 Å². The smallest absolute Gasteiger partial charge is 0.390 e. The number of hydrogen-bond donors (Lipinski definition) is 3. The van der Waals surface area contributed by atoms with E-state index in [1.807, 2.05) is 6.92 Å². The first kappa shape index (κ1) is 15.0. The van der Waals surface area contributed by atoms with Gasteiger partial charge in [-0.15, -0.1) is 0 Å². The van der Waals surface area contributed by atoms with Gasteiger partial charge in [0, 0.05) is 13.1 Å². The van der Waals surface area contributed by atoms with Crippen LogP contribution in [0.4, 0.5) is 18.0 Å². The van der Waals surface area contributed by atoms with E-state index < -0.39 is 31.3 Å². The molecule has 0 aromatic rings. The zero-order chi connectivity index (χ0) is 12.6. The maximum Gasteiger partial charge on any atom is 0.390 e. The summed E-state index contributed by atoms with van der Waals surface area (Å²) in [5, 5.41) is 13.6. The Hall–Kier alpha value is -0.980. The van der Waals surface area contributed by atoms with E-state index in [-0.39, 0.29) is 6.54 Å². The highest BCUT2D eigenvalue weighted by Crippen LogP contribution is 2.17. The first-order valence-corrected chi connectivity index (χ1v) is 5.11. The third-order valence-electron chi connectivity index (χ3n) is 1.81. The molecule has 3 N–H and O–H groups in total. The van der Waals surface area contributed by atoms with Crippen LogP contribution in [-0.2, 0) is 0 Å². The molecular weight excluding hydrogens is 225 g/mol. The van der Waals surface area contributed by atoms with Gasteiger partial charge in [-0.25, -0.2) is 4.79 Å². The molecule has 0 saturated carbocycles. The average molecular weight is 242 g/mol. The maximum absolute atomic E-state index is 11.7. The van der Waals surface area contributed by atoms with E-state index in [0.717, 1.165) is 6.42 Å². The molecule has 0 bridgehead atoms. The molecule has 0 spiro atoms. The van der Waals surface area contributed by atoms with Crippen molar-refractivity contribution in [3.63, 3.8) is 0 Å². The summed E-state index contributed by atoms with van der Waals surface area (Å²) < 4.78 is 35.1. The van der Waals surface area contributed by atoms with Gasteiger partial charge in [0.05, 0.1) is 12.5 Å². The zero-order valence-corrected chi connectivity index (χ0v) is 9.10. The van der Waals surface area contributed by atoms with E-state index in [4.69, 9.17) is 0 Å². The lowest BCUT2D eigenvalue weighted by atomic mass is 10.2. The van der Waals surface area contributed by atoms with Gasteiger partial charge in [0.2, 0.25) is 0 Å². The molecule has 0 heterocycles. The first-order chi connectivity index (χ1) is 7.35. The fraction of sp³-hybridized carbons (Fsp3) is 0.889. The molecule has 1 unspecified atom stereocenters. The lowest BCUT2D eigenvalue weighted by molar-refractivity contribution is -0.132. The minimum absolute atomic E-state index is 0.0473. The van der Waals surface area contributed by atoms with Gasteiger partial charge in [0.15, 0.2) is 0 Å². The van der Waals surface area contributed by atoms with Crippen LogP contribution in [0.25, 0.3) is 0 Å². The van der Waals surface area contributed by atoms with Crippen molar-refractivity contribution in [3.8, 4) is 0 Å². The van der Waals surface area contributed by atoms with Crippen molar-refractivity contribution < 1.29 is 23.1 Å². The third kappa shape index (κ3) is 9.57.